The van der Waals surface area contributed by atoms with Crippen LogP contribution in [0.5, 0.6) is 11.5 Å². The van der Waals surface area contributed by atoms with Crippen LogP contribution < -0.4 is 9.47 Å². The summed E-state index contributed by atoms with van der Waals surface area (Å²) in [5.74, 6) is -4.12. The number of fused-ring (bicyclic) bond motifs is 1. The Kier molecular flexibility index (Phi) is 10.3. The molecule has 244 valence electrons. The standard InChI is InChI=1S/C31H37F3N4O7/c1-9-43-26-16(2)21-13-38(28(35)25(21)36-17(26)3)14-23(40)19-10-20(12-37(8)18(4)39)27(22(11-19)30(5,6)7)44-15-24(41)45-29(42)31(32,33)34/h10-11,35H,9,12-15H2,1-8H3. The van der Waals surface area contributed by atoms with Crippen molar-refractivity contribution in [2.45, 2.75) is 73.1 Å². The molecule has 0 unspecified atom stereocenters. The van der Waals surface area contributed by atoms with E-state index in [0.29, 0.717) is 34.9 Å². The first kappa shape index (κ1) is 35.0. The number of carbonyl (C=O) groups is 4. The number of nitrogens with one attached hydrogen (secondary N) is 1. The topological polar surface area (TPSA) is 139 Å². The SMILES string of the molecule is CCOc1c(C)nc2c(c1C)CN(CC(=O)c1cc(CN(C)C(C)=O)c(OCC(=O)OC(=O)C(F)(F)F)c(C(C)(C)C)c1)C2=N. The van der Waals surface area contributed by atoms with Gasteiger partial charge in [0, 0.05) is 54.9 Å². The van der Waals surface area contributed by atoms with Crippen LogP contribution in [0.25, 0.3) is 0 Å². The number of ether oxygens (including phenoxy) is 3. The lowest BCUT2D eigenvalue weighted by atomic mass is 9.83. The summed E-state index contributed by atoms with van der Waals surface area (Å²) in [7, 11) is 1.50. The van der Waals surface area contributed by atoms with Crippen LogP contribution in [0, 0.1) is 19.3 Å². The number of aromatic nitrogens is 1. The van der Waals surface area contributed by atoms with Gasteiger partial charge in [0.05, 0.1) is 18.8 Å². The van der Waals surface area contributed by atoms with Crippen LogP contribution in [-0.4, -0.2) is 77.2 Å². The molecule has 0 aliphatic carbocycles. The van der Waals surface area contributed by atoms with Gasteiger partial charge < -0.3 is 24.0 Å². The smallest absolute Gasteiger partial charge is 0.491 e. The Morgan fingerprint density at radius 1 is 1.07 bits per heavy atom. The molecule has 45 heavy (non-hydrogen) atoms. The molecule has 1 N–H and O–H groups in total. The molecule has 0 atom stereocenters. The largest absolute Gasteiger partial charge is 0.492 e. The number of hydrogen-bond acceptors (Lipinski definition) is 9. The number of esters is 2. The third kappa shape index (κ3) is 7.97. The minimum absolute atomic E-state index is 0.0589. The molecule has 1 amide bonds. The number of amidine groups is 1. The molecule has 0 saturated carbocycles. The highest BCUT2D eigenvalue weighted by molar-refractivity contribution is 6.05. The lowest BCUT2D eigenvalue weighted by molar-refractivity contribution is -0.202. The Balaban J connectivity index is 1.97. The molecule has 1 aromatic heterocycles. The van der Waals surface area contributed by atoms with Crippen molar-refractivity contribution in [3.63, 3.8) is 0 Å². The second-order valence-corrected chi connectivity index (χ2v) is 11.7. The first-order valence-electron chi connectivity index (χ1n) is 14.1. The number of nitrogens with zero attached hydrogens (tertiary/aromatic N) is 3. The Morgan fingerprint density at radius 3 is 2.27 bits per heavy atom. The lowest BCUT2D eigenvalue weighted by Gasteiger charge is -2.27. The molecule has 2 aromatic rings. The number of carbonyl (C=O) groups excluding carboxylic acids is 4. The molecule has 1 aliphatic heterocycles. The molecule has 0 spiro atoms. The number of hydrogen-bond donors (Lipinski definition) is 1. The third-order valence-electron chi connectivity index (χ3n) is 7.21. The van der Waals surface area contributed by atoms with E-state index in [0.717, 1.165) is 11.1 Å². The molecule has 0 radical (unpaired) electrons. The zero-order chi connectivity index (χ0) is 34.0. The van der Waals surface area contributed by atoms with Crippen molar-refractivity contribution in [3.05, 3.63) is 51.3 Å². The molecule has 0 bridgehead atoms. The number of amides is 1. The highest BCUT2D eigenvalue weighted by atomic mass is 19.4. The van der Waals surface area contributed by atoms with Gasteiger partial charge in [0.2, 0.25) is 5.91 Å². The van der Waals surface area contributed by atoms with Crippen LogP contribution in [0.1, 0.15) is 78.6 Å². The van der Waals surface area contributed by atoms with Crippen LogP contribution in [0.15, 0.2) is 12.1 Å². The first-order valence-corrected chi connectivity index (χ1v) is 14.1. The van der Waals surface area contributed by atoms with E-state index in [9.17, 15) is 32.3 Å². The molecule has 2 heterocycles. The quantitative estimate of drug-likeness (QED) is 0.229. The van der Waals surface area contributed by atoms with Gasteiger partial charge in [0.1, 0.15) is 23.0 Å². The molecular weight excluding hydrogens is 597 g/mol. The highest BCUT2D eigenvalue weighted by Crippen LogP contribution is 2.37. The molecule has 0 saturated heterocycles. The number of halogens is 3. The van der Waals surface area contributed by atoms with Gasteiger partial charge in [0.15, 0.2) is 12.4 Å². The van der Waals surface area contributed by atoms with E-state index in [4.69, 9.17) is 14.9 Å². The van der Waals surface area contributed by atoms with Gasteiger partial charge in [-0.05, 0) is 38.3 Å². The summed E-state index contributed by atoms with van der Waals surface area (Å²) in [6.45, 7) is 11.7. The normalized spacial score (nSPS) is 13.0. The average Bonchev–Trinajstić information content (AvgIpc) is 3.23. The van der Waals surface area contributed by atoms with Gasteiger partial charge in [-0.1, -0.05) is 20.8 Å². The summed E-state index contributed by atoms with van der Waals surface area (Å²) >= 11 is 0. The van der Waals surface area contributed by atoms with E-state index in [1.54, 1.807) is 38.7 Å². The fourth-order valence-electron chi connectivity index (χ4n) is 4.82. The number of alkyl halides is 3. The van der Waals surface area contributed by atoms with Crippen molar-refractivity contribution in [2.75, 3.05) is 26.8 Å². The summed E-state index contributed by atoms with van der Waals surface area (Å²) in [5.41, 5.74) is 2.99. The van der Waals surface area contributed by atoms with Crippen molar-refractivity contribution in [3.8, 4) is 11.5 Å². The monoisotopic (exact) mass is 634 g/mol. The maximum absolute atomic E-state index is 13.7. The molecule has 0 fully saturated rings. The summed E-state index contributed by atoms with van der Waals surface area (Å²) in [6, 6.07) is 3.03. The van der Waals surface area contributed by atoms with Crippen LogP contribution in [0.2, 0.25) is 0 Å². The van der Waals surface area contributed by atoms with Crippen molar-refractivity contribution in [2.24, 2.45) is 0 Å². The maximum Gasteiger partial charge on any atom is 0.491 e. The average molecular weight is 635 g/mol. The fraction of sp³-hybridized carbons (Fsp3) is 0.484. The van der Waals surface area contributed by atoms with Crippen molar-refractivity contribution in [1.82, 2.24) is 14.8 Å². The van der Waals surface area contributed by atoms with E-state index in [1.165, 1.54) is 24.9 Å². The van der Waals surface area contributed by atoms with E-state index >= 15 is 0 Å². The van der Waals surface area contributed by atoms with Crippen molar-refractivity contribution < 1.29 is 46.6 Å². The van der Waals surface area contributed by atoms with Gasteiger partial charge in [-0.2, -0.15) is 13.2 Å². The van der Waals surface area contributed by atoms with Gasteiger partial charge in [-0.3, -0.25) is 15.0 Å². The summed E-state index contributed by atoms with van der Waals surface area (Å²) < 4.78 is 52.9. The maximum atomic E-state index is 13.7. The second kappa shape index (κ2) is 13.2. The lowest BCUT2D eigenvalue weighted by Crippen LogP contribution is -2.31. The zero-order valence-corrected chi connectivity index (χ0v) is 26.5. The summed E-state index contributed by atoms with van der Waals surface area (Å²) in [5, 5.41) is 8.72. The number of rotatable bonds is 10. The number of benzene rings is 1. The Hall–Kier alpha value is -4.49. The Labute approximate surface area is 259 Å². The minimum atomic E-state index is -5.37. The van der Waals surface area contributed by atoms with Crippen molar-refractivity contribution >= 4 is 29.5 Å². The Bertz CT molecular complexity index is 1550. The van der Waals surface area contributed by atoms with E-state index in [-0.39, 0.29) is 48.5 Å². The molecule has 11 nitrogen and oxygen atoms in total. The van der Waals surface area contributed by atoms with E-state index < -0.39 is 30.1 Å². The molecule has 1 aromatic carbocycles. The number of Topliss-reactive ketones (excluding diaryl/α,β-unsaturated/α-hetero) is 1. The summed E-state index contributed by atoms with van der Waals surface area (Å²) in [6.07, 6.45) is -5.37. The number of ketones is 1. The first-order chi connectivity index (χ1) is 20.8. The predicted molar refractivity (Wildman–Crippen MR) is 156 cm³/mol. The summed E-state index contributed by atoms with van der Waals surface area (Å²) in [4.78, 5) is 56.5. The number of aryl methyl sites for hydroxylation is 1. The van der Waals surface area contributed by atoms with Crippen LogP contribution in [-0.2, 0) is 37.6 Å². The van der Waals surface area contributed by atoms with Gasteiger partial charge in [-0.15, -0.1) is 0 Å². The van der Waals surface area contributed by atoms with Crippen LogP contribution in [0.4, 0.5) is 13.2 Å². The molecule has 3 rings (SSSR count). The Morgan fingerprint density at radius 2 is 1.71 bits per heavy atom. The fourth-order valence-corrected chi connectivity index (χ4v) is 4.82. The van der Waals surface area contributed by atoms with Crippen LogP contribution in [0.3, 0.4) is 0 Å². The van der Waals surface area contributed by atoms with E-state index in [1.807, 2.05) is 13.8 Å². The second-order valence-electron chi connectivity index (χ2n) is 11.7. The van der Waals surface area contributed by atoms with Gasteiger partial charge in [-0.25, -0.2) is 14.6 Å². The number of pyridine rings is 1. The predicted octanol–water partition coefficient (Wildman–Crippen LogP) is 4.41. The van der Waals surface area contributed by atoms with Gasteiger partial charge in [0.25, 0.3) is 0 Å². The van der Waals surface area contributed by atoms with E-state index in [2.05, 4.69) is 9.72 Å². The third-order valence-corrected chi connectivity index (χ3v) is 7.21. The molecule has 14 heteroatoms. The minimum Gasteiger partial charge on any atom is -0.492 e. The van der Waals surface area contributed by atoms with Crippen LogP contribution >= 0.6 is 0 Å². The van der Waals surface area contributed by atoms with Crippen molar-refractivity contribution in [1.29, 1.82) is 5.41 Å². The molecular formula is C31H37F3N4O7. The molecule has 1 aliphatic rings. The highest BCUT2D eigenvalue weighted by Gasteiger charge is 2.42. The van der Waals surface area contributed by atoms with Gasteiger partial charge >= 0.3 is 18.1 Å². The zero-order valence-electron chi connectivity index (χ0n) is 26.5.